The van der Waals surface area contributed by atoms with Gasteiger partial charge in [0.25, 0.3) is 10.9 Å². The van der Waals surface area contributed by atoms with Gasteiger partial charge in [-0.3, -0.25) is 14.9 Å². The third kappa shape index (κ3) is 2.26. The minimum Gasteiger partial charge on any atom is -0.276 e. The van der Waals surface area contributed by atoms with Crippen LogP contribution in [0.25, 0.3) is 0 Å². The fourth-order valence-corrected chi connectivity index (χ4v) is 1.28. The fraction of sp³-hybridized carbons (Fsp3) is 0. The van der Waals surface area contributed by atoms with Gasteiger partial charge >= 0.3 is 0 Å². The molecular weight excluding hydrogens is 261 g/mol. The highest BCUT2D eigenvalue weighted by Gasteiger charge is 2.14. The zero-order valence-electron chi connectivity index (χ0n) is 6.16. The van der Waals surface area contributed by atoms with Gasteiger partial charge in [0.2, 0.25) is 0 Å². The molecule has 1 aromatic carbocycles. The van der Waals surface area contributed by atoms with E-state index in [1.54, 1.807) is 0 Å². The first-order valence-corrected chi connectivity index (χ1v) is 4.33. The van der Waals surface area contributed by atoms with E-state index in [9.17, 15) is 14.9 Å². The van der Waals surface area contributed by atoms with E-state index in [-0.39, 0.29) is 11.3 Å². The number of halogens is 2. The van der Waals surface area contributed by atoms with Crippen LogP contribution in [0.3, 0.4) is 0 Å². The summed E-state index contributed by atoms with van der Waals surface area (Å²) >= 11 is 8.14. The van der Waals surface area contributed by atoms with E-state index in [1.165, 1.54) is 12.1 Å². The summed E-state index contributed by atoms with van der Waals surface area (Å²) in [5.74, 6) is 0. The highest BCUT2D eigenvalue weighted by Crippen LogP contribution is 2.25. The summed E-state index contributed by atoms with van der Waals surface area (Å²) in [6.45, 7) is 0. The summed E-state index contributed by atoms with van der Waals surface area (Å²) in [7, 11) is 0. The van der Waals surface area contributed by atoms with Crippen LogP contribution in [0.4, 0.5) is 5.69 Å². The lowest BCUT2D eigenvalue weighted by Crippen LogP contribution is -1.94. The molecule has 4 nitrogen and oxygen atoms in total. The Bertz CT molecular complexity index is 380. The van der Waals surface area contributed by atoms with Crippen molar-refractivity contribution in [1.29, 1.82) is 0 Å². The largest absolute Gasteiger partial charge is 0.284 e. The molecule has 0 bridgehead atoms. The molecular formula is C7H3BrClNO3. The summed E-state index contributed by atoms with van der Waals surface area (Å²) in [6.07, 6.45) is 0. The Morgan fingerprint density at radius 2 is 2.15 bits per heavy atom. The third-order valence-electron chi connectivity index (χ3n) is 1.37. The Kier molecular flexibility index (Phi) is 3.00. The Morgan fingerprint density at radius 3 is 2.62 bits per heavy atom. The van der Waals surface area contributed by atoms with Gasteiger partial charge in [-0.1, -0.05) is 0 Å². The third-order valence-corrected chi connectivity index (χ3v) is 2.26. The summed E-state index contributed by atoms with van der Waals surface area (Å²) in [5.41, 5.74) is -0.0666. The standard InChI is InChI=1S/C7H3BrClNO3/c8-5-2-1-4(7(9)11)3-6(5)10(12)13/h1-3H. The molecule has 1 rings (SSSR count). The van der Waals surface area contributed by atoms with Crippen molar-refractivity contribution in [2.75, 3.05) is 0 Å². The molecule has 0 aromatic heterocycles. The zero-order chi connectivity index (χ0) is 10.0. The maximum atomic E-state index is 10.7. The lowest BCUT2D eigenvalue weighted by atomic mass is 10.2. The number of nitrogens with zero attached hydrogens (tertiary/aromatic N) is 1. The Morgan fingerprint density at radius 1 is 1.54 bits per heavy atom. The molecule has 0 amide bonds. The lowest BCUT2D eigenvalue weighted by Gasteiger charge is -1.96. The van der Waals surface area contributed by atoms with Gasteiger partial charge < -0.3 is 0 Å². The van der Waals surface area contributed by atoms with E-state index >= 15 is 0 Å². The minimum absolute atomic E-state index is 0.108. The number of nitro groups is 1. The maximum absolute atomic E-state index is 10.7. The topological polar surface area (TPSA) is 60.2 Å². The molecule has 6 heteroatoms. The quantitative estimate of drug-likeness (QED) is 0.469. The predicted octanol–water partition coefficient (Wildman–Crippen LogP) is 2.74. The molecule has 0 atom stereocenters. The summed E-state index contributed by atoms with van der Waals surface area (Å²) in [4.78, 5) is 20.5. The van der Waals surface area contributed by atoms with Crippen molar-refractivity contribution in [3.8, 4) is 0 Å². The Balaban J connectivity index is 3.27. The predicted molar refractivity (Wildman–Crippen MR) is 51.0 cm³/mol. The average Bonchev–Trinajstić information content (AvgIpc) is 2.04. The van der Waals surface area contributed by atoms with Crippen LogP contribution >= 0.6 is 27.5 Å². The molecule has 0 aliphatic heterocycles. The first kappa shape index (κ1) is 10.1. The first-order valence-electron chi connectivity index (χ1n) is 3.16. The summed E-state index contributed by atoms with van der Waals surface area (Å²) in [5, 5.41) is 9.71. The van der Waals surface area contributed by atoms with Gasteiger partial charge in [-0.05, 0) is 39.7 Å². The van der Waals surface area contributed by atoms with Gasteiger partial charge in [-0.2, -0.15) is 0 Å². The van der Waals surface area contributed by atoms with Crippen LogP contribution in [0.15, 0.2) is 22.7 Å². The number of carbonyl (C=O) groups is 1. The normalized spacial score (nSPS) is 9.69. The second-order valence-corrected chi connectivity index (χ2v) is 3.39. The van der Waals surface area contributed by atoms with Gasteiger partial charge in [0, 0.05) is 11.6 Å². The molecule has 0 N–H and O–H groups in total. The van der Waals surface area contributed by atoms with E-state index in [2.05, 4.69) is 15.9 Å². The van der Waals surface area contributed by atoms with Crippen molar-refractivity contribution < 1.29 is 9.72 Å². The highest BCUT2D eigenvalue weighted by atomic mass is 79.9. The van der Waals surface area contributed by atoms with Crippen LogP contribution in [-0.2, 0) is 0 Å². The molecule has 68 valence electrons. The van der Waals surface area contributed by atoms with Gasteiger partial charge in [-0.25, -0.2) is 0 Å². The van der Waals surface area contributed by atoms with Crippen LogP contribution in [-0.4, -0.2) is 10.2 Å². The van der Waals surface area contributed by atoms with Gasteiger partial charge in [-0.15, -0.1) is 0 Å². The van der Waals surface area contributed by atoms with E-state index in [4.69, 9.17) is 11.6 Å². The maximum Gasteiger partial charge on any atom is 0.284 e. The molecule has 0 aliphatic rings. The average molecular weight is 264 g/mol. The Labute approximate surface area is 86.8 Å². The second-order valence-electron chi connectivity index (χ2n) is 2.20. The van der Waals surface area contributed by atoms with Gasteiger partial charge in [0.15, 0.2) is 0 Å². The molecule has 0 radical (unpaired) electrons. The van der Waals surface area contributed by atoms with Crippen LogP contribution in [0.1, 0.15) is 10.4 Å². The molecule has 0 unspecified atom stereocenters. The van der Waals surface area contributed by atoms with Crippen molar-refractivity contribution >= 4 is 38.5 Å². The molecule has 0 heterocycles. The molecule has 0 spiro atoms. The SMILES string of the molecule is O=C(Cl)c1ccc(Br)c([N+](=O)[O-])c1. The van der Waals surface area contributed by atoms with Crippen molar-refractivity contribution in [1.82, 2.24) is 0 Å². The van der Waals surface area contributed by atoms with Crippen molar-refractivity contribution in [3.05, 3.63) is 38.3 Å². The van der Waals surface area contributed by atoms with Crippen LogP contribution < -0.4 is 0 Å². The van der Waals surface area contributed by atoms with E-state index in [0.29, 0.717) is 4.47 Å². The molecule has 1 aromatic rings. The molecule has 0 fully saturated rings. The zero-order valence-corrected chi connectivity index (χ0v) is 8.50. The van der Waals surface area contributed by atoms with E-state index < -0.39 is 10.2 Å². The minimum atomic E-state index is -0.712. The van der Waals surface area contributed by atoms with Gasteiger partial charge in [0.1, 0.15) is 0 Å². The fourth-order valence-electron chi connectivity index (χ4n) is 0.775. The number of hydrogen-bond donors (Lipinski definition) is 0. The van der Waals surface area contributed by atoms with Crippen LogP contribution in [0, 0.1) is 10.1 Å². The highest BCUT2D eigenvalue weighted by molar-refractivity contribution is 9.10. The van der Waals surface area contributed by atoms with E-state index in [0.717, 1.165) is 6.07 Å². The van der Waals surface area contributed by atoms with E-state index in [1.807, 2.05) is 0 Å². The smallest absolute Gasteiger partial charge is 0.276 e. The first-order chi connectivity index (χ1) is 6.02. The number of rotatable bonds is 2. The summed E-state index contributed by atoms with van der Waals surface area (Å²) < 4.78 is 0.319. The number of benzene rings is 1. The lowest BCUT2D eigenvalue weighted by molar-refractivity contribution is -0.385. The molecule has 0 saturated carbocycles. The summed E-state index contributed by atoms with van der Waals surface area (Å²) in [6, 6.07) is 3.94. The molecule has 0 aliphatic carbocycles. The van der Waals surface area contributed by atoms with Crippen LogP contribution in [0.2, 0.25) is 0 Å². The number of nitro benzene ring substituents is 1. The Hall–Kier alpha value is -0.940. The van der Waals surface area contributed by atoms with Gasteiger partial charge in [0.05, 0.1) is 9.40 Å². The van der Waals surface area contributed by atoms with Crippen molar-refractivity contribution in [2.24, 2.45) is 0 Å². The van der Waals surface area contributed by atoms with Crippen molar-refractivity contribution in [3.63, 3.8) is 0 Å². The monoisotopic (exact) mass is 263 g/mol. The molecule has 0 saturated heterocycles. The van der Waals surface area contributed by atoms with Crippen molar-refractivity contribution in [2.45, 2.75) is 0 Å². The second kappa shape index (κ2) is 3.85. The number of carbonyl (C=O) groups excluding carboxylic acids is 1. The number of hydrogen-bond acceptors (Lipinski definition) is 3. The molecule has 13 heavy (non-hydrogen) atoms. The van der Waals surface area contributed by atoms with Crippen LogP contribution in [0.5, 0.6) is 0 Å².